The van der Waals surface area contributed by atoms with E-state index in [1.807, 2.05) is 18.7 Å². The molecular formula is C31H45FNNaO4. The number of fused-ring (bicyclic) bond motifs is 1. The van der Waals surface area contributed by atoms with Crippen molar-refractivity contribution in [3.63, 3.8) is 0 Å². The van der Waals surface area contributed by atoms with Crippen LogP contribution in [0.25, 0.3) is 0 Å². The van der Waals surface area contributed by atoms with E-state index in [0.717, 1.165) is 45.1 Å². The van der Waals surface area contributed by atoms with Crippen molar-refractivity contribution in [2.75, 3.05) is 19.7 Å². The molecule has 1 amide bonds. The van der Waals surface area contributed by atoms with Gasteiger partial charge in [-0.3, -0.25) is 14.0 Å². The van der Waals surface area contributed by atoms with E-state index in [1.165, 1.54) is 25.3 Å². The van der Waals surface area contributed by atoms with Crippen LogP contribution in [0.1, 0.15) is 109 Å². The molecule has 2 unspecified atom stereocenters. The van der Waals surface area contributed by atoms with Gasteiger partial charge in [0, 0.05) is 31.2 Å². The summed E-state index contributed by atoms with van der Waals surface area (Å²) in [7, 11) is 0. The molecule has 2 bridgehead atoms. The van der Waals surface area contributed by atoms with Gasteiger partial charge < -0.3 is 14.4 Å². The van der Waals surface area contributed by atoms with E-state index in [0.29, 0.717) is 30.4 Å². The van der Waals surface area contributed by atoms with E-state index in [1.54, 1.807) is 18.4 Å². The van der Waals surface area contributed by atoms with Crippen LogP contribution in [0.5, 0.6) is 0 Å². The van der Waals surface area contributed by atoms with Crippen molar-refractivity contribution in [1.82, 2.24) is 4.90 Å². The van der Waals surface area contributed by atoms with E-state index in [9.17, 15) is 18.8 Å². The van der Waals surface area contributed by atoms with Gasteiger partial charge in [0.15, 0.2) is 0 Å². The molecule has 1 aromatic carbocycles. The number of ether oxygens (including phenoxy) is 1. The summed E-state index contributed by atoms with van der Waals surface area (Å²) < 4.78 is 20.2. The minimum atomic E-state index is -0.495. The third-order valence-electron chi connectivity index (χ3n) is 8.54. The third kappa shape index (κ3) is 7.77. The van der Waals surface area contributed by atoms with Crippen LogP contribution in [0.4, 0.5) is 4.39 Å². The largest absolute Gasteiger partial charge is 1.00 e. The molecule has 3 aliphatic heterocycles. The first-order chi connectivity index (χ1) is 17.6. The number of carbonyl (C=O) groups is 2. The number of unbranched alkanes of at least 4 members (excludes halogenated alkanes) is 1. The van der Waals surface area contributed by atoms with Crippen LogP contribution in [0.15, 0.2) is 18.2 Å². The van der Waals surface area contributed by atoms with E-state index < -0.39 is 5.82 Å². The number of halogens is 1. The molecule has 0 aromatic heterocycles. The van der Waals surface area contributed by atoms with Crippen molar-refractivity contribution < 1.29 is 53.1 Å². The van der Waals surface area contributed by atoms with E-state index in [-0.39, 0.29) is 63.9 Å². The monoisotopic (exact) mass is 537 g/mol. The maximum absolute atomic E-state index is 14.4. The Morgan fingerprint density at radius 1 is 1.24 bits per heavy atom. The average Bonchev–Trinajstić information content (AvgIpc) is 3.41. The molecular weight excluding hydrogens is 492 g/mol. The van der Waals surface area contributed by atoms with Gasteiger partial charge in [0.25, 0.3) is 0 Å². The van der Waals surface area contributed by atoms with E-state index >= 15 is 0 Å². The summed E-state index contributed by atoms with van der Waals surface area (Å²) in [5.41, 5.74) is 0.0130. The van der Waals surface area contributed by atoms with Gasteiger partial charge in [0.2, 0.25) is 5.91 Å². The van der Waals surface area contributed by atoms with E-state index in [2.05, 4.69) is 20.8 Å². The summed E-state index contributed by atoms with van der Waals surface area (Å²) in [6.07, 6.45) is 10.6. The SMILES string of the molecule is CC12CC(C(=O)N3CCCC(c4cccc([C-]=O)c4F)C3)(CO1)C2.CCCCC(CC)CC(=O)C(C)C.[Na+]. The van der Waals surface area contributed by atoms with Gasteiger partial charge in [-0.25, -0.2) is 0 Å². The second-order valence-electron chi connectivity index (χ2n) is 12.0. The van der Waals surface area contributed by atoms with Crippen LogP contribution in [-0.4, -0.2) is 48.2 Å². The molecule has 5 nitrogen and oxygen atoms in total. The Morgan fingerprint density at radius 3 is 2.50 bits per heavy atom. The van der Waals surface area contributed by atoms with Gasteiger partial charge in [-0.05, 0) is 44.4 Å². The summed E-state index contributed by atoms with van der Waals surface area (Å²) in [6, 6.07) is 4.83. The number of hydrogen-bond acceptors (Lipinski definition) is 4. The summed E-state index contributed by atoms with van der Waals surface area (Å²) in [5, 5.41) is 0. The number of nitrogens with zero attached hydrogens (tertiary/aromatic N) is 1. The predicted octanol–water partition coefficient (Wildman–Crippen LogP) is 3.38. The maximum Gasteiger partial charge on any atom is 1.00 e. The average molecular weight is 538 g/mol. The molecule has 5 rings (SSSR count). The molecule has 0 spiro atoms. The Morgan fingerprint density at radius 2 is 1.95 bits per heavy atom. The Hall–Kier alpha value is -1.08. The molecule has 0 radical (unpaired) electrons. The molecule has 7 heteroatoms. The molecule has 3 heterocycles. The fourth-order valence-corrected chi connectivity index (χ4v) is 6.27. The Bertz CT molecular complexity index is 959. The number of Topliss-reactive ketones (excluding diaryl/α,β-unsaturated/α-hetero) is 1. The first kappa shape index (κ1) is 33.1. The second kappa shape index (κ2) is 14.5. The zero-order chi connectivity index (χ0) is 27.2. The maximum atomic E-state index is 14.4. The first-order valence-corrected chi connectivity index (χ1v) is 14.2. The Balaban J connectivity index is 0.000000313. The van der Waals surface area contributed by atoms with Crippen molar-refractivity contribution in [3.8, 4) is 0 Å². The number of amides is 1. The van der Waals surface area contributed by atoms with Crippen molar-refractivity contribution >= 4 is 18.0 Å². The van der Waals surface area contributed by atoms with Crippen LogP contribution in [-0.2, 0) is 19.1 Å². The van der Waals surface area contributed by atoms with Crippen LogP contribution in [0.2, 0.25) is 0 Å². The number of hydrogen-bond donors (Lipinski definition) is 0. The predicted molar refractivity (Wildman–Crippen MR) is 144 cm³/mol. The van der Waals surface area contributed by atoms with Crippen LogP contribution in [0, 0.1) is 23.1 Å². The normalized spacial score (nSPS) is 26.5. The van der Waals surface area contributed by atoms with Gasteiger partial charge in [0.1, 0.15) is 5.78 Å². The van der Waals surface area contributed by atoms with Crippen LogP contribution < -0.4 is 29.6 Å². The van der Waals surface area contributed by atoms with Crippen molar-refractivity contribution in [3.05, 3.63) is 35.1 Å². The molecule has 206 valence electrons. The first-order valence-electron chi connectivity index (χ1n) is 14.2. The quantitative estimate of drug-likeness (QED) is 0.339. The summed E-state index contributed by atoms with van der Waals surface area (Å²) in [6.45, 7) is 12.2. The standard InChI is InChI=1S/C19H21FNO3.C12H24O.Na/c1-18-10-19(11-18,12-24-18)17(23)21-7-3-5-13(8-21)15-6-2-4-14(9-22)16(15)20;1-5-7-8-11(6-2)9-12(13)10(3)4;/h2,4,6,13H,3,5,7-8,10-12H2,1H3;10-11H,5-9H2,1-4H3;/q-1;;+1. The number of benzene rings is 1. The molecule has 1 aliphatic carbocycles. The molecule has 2 atom stereocenters. The van der Waals surface area contributed by atoms with Gasteiger partial charge in [0.05, 0.1) is 23.9 Å². The van der Waals surface area contributed by atoms with Gasteiger partial charge >= 0.3 is 29.6 Å². The van der Waals surface area contributed by atoms with Gasteiger partial charge in [-0.2, -0.15) is 6.07 Å². The van der Waals surface area contributed by atoms with Crippen LogP contribution >= 0.6 is 0 Å². The molecule has 1 saturated carbocycles. The van der Waals surface area contributed by atoms with Gasteiger partial charge in [-0.15, -0.1) is 11.6 Å². The molecule has 4 fully saturated rings. The smallest absolute Gasteiger partial charge is 0.376 e. The van der Waals surface area contributed by atoms with Crippen molar-refractivity contribution in [2.45, 2.75) is 104 Å². The Labute approximate surface area is 250 Å². The molecule has 4 aliphatic rings. The van der Waals surface area contributed by atoms with Crippen LogP contribution in [0.3, 0.4) is 0 Å². The third-order valence-corrected chi connectivity index (χ3v) is 8.54. The summed E-state index contributed by atoms with van der Waals surface area (Å²) in [5.74, 6) is 0.876. The van der Waals surface area contributed by atoms with Crippen molar-refractivity contribution in [1.29, 1.82) is 0 Å². The second-order valence-corrected chi connectivity index (χ2v) is 12.0. The topological polar surface area (TPSA) is 63.7 Å². The zero-order valence-corrected chi connectivity index (χ0v) is 26.4. The zero-order valence-electron chi connectivity index (χ0n) is 24.4. The fourth-order valence-electron chi connectivity index (χ4n) is 6.27. The number of ketones is 1. The molecule has 38 heavy (non-hydrogen) atoms. The molecule has 1 aromatic rings. The number of rotatable bonds is 10. The summed E-state index contributed by atoms with van der Waals surface area (Å²) in [4.78, 5) is 37.2. The summed E-state index contributed by atoms with van der Waals surface area (Å²) >= 11 is 0. The minimum Gasteiger partial charge on any atom is -0.376 e. The Kier molecular flexibility index (Phi) is 12.7. The van der Waals surface area contributed by atoms with Crippen molar-refractivity contribution in [2.24, 2.45) is 17.3 Å². The van der Waals surface area contributed by atoms with Gasteiger partial charge in [-0.1, -0.05) is 65.0 Å². The fraction of sp³-hybridized carbons (Fsp3) is 0.710. The number of piperidine rings is 1. The number of carbonyl (C=O) groups excluding carboxylic acids is 3. The molecule has 3 saturated heterocycles. The minimum absolute atomic E-state index is 0. The molecule has 0 N–H and O–H groups in total. The number of likely N-dealkylation sites (tertiary alicyclic amines) is 1. The van der Waals surface area contributed by atoms with E-state index in [4.69, 9.17) is 4.74 Å².